The lowest BCUT2D eigenvalue weighted by Crippen LogP contribution is -2.34. The van der Waals surface area contributed by atoms with Gasteiger partial charge in [-0.1, -0.05) is 48.5 Å². The van der Waals surface area contributed by atoms with Gasteiger partial charge in [-0.05, 0) is 32.6 Å². The van der Waals surface area contributed by atoms with Crippen LogP contribution < -0.4 is 5.32 Å². The average Bonchev–Trinajstić information content (AvgIpc) is 2.91. The molecule has 0 aliphatic rings. The zero-order valence-corrected chi connectivity index (χ0v) is 14.3. The summed E-state index contributed by atoms with van der Waals surface area (Å²) in [6, 6.07) is 18.3. The molecule has 1 unspecified atom stereocenters. The molecule has 124 valence electrons. The Morgan fingerprint density at radius 3 is 2.46 bits per heavy atom. The van der Waals surface area contributed by atoms with E-state index in [1.165, 1.54) is 5.56 Å². The highest BCUT2D eigenvalue weighted by atomic mass is 16.1. The van der Waals surface area contributed by atoms with Gasteiger partial charge in [0.1, 0.15) is 0 Å². The molecular formula is C20H23N3O. The van der Waals surface area contributed by atoms with Crippen LogP contribution in [0.5, 0.6) is 0 Å². The Bertz CT molecular complexity index is 836. The molecule has 24 heavy (non-hydrogen) atoms. The van der Waals surface area contributed by atoms with Gasteiger partial charge in [0.05, 0.1) is 11.6 Å². The molecule has 1 aromatic heterocycles. The predicted octanol–water partition coefficient (Wildman–Crippen LogP) is 3.51. The van der Waals surface area contributed by atoms with Crippen molar-refractivity contribution in [2.45, 2.75) is 13.0 Å². The molecule has 4 nitrogen and oxygen atoms in total. The fourth-order valence-electron chi connectivity index (χ4n) is 3.12. The zero-order chi connectivity index (χ0) is 17.1. The highest BCUT2D eigenvalue weighted by molar-refractivity contribution is 6.08. The Morgan fingerprint density at radius 2 is 1.75 bits per heavy atom. The Balaban J connectivity index is 1.80. The molecule has 0 radical (unpaired) electrons. The number of amides is 1. The minimum Gasteiger partial charge on any atom is -0.358 e. The van der Waals surface area contributed by atoms with Gasteiger partial charge in [0.2, 0.25) is 0 Å². The first-order valence-corrected chi connectivity index (χ1v) is 8.15. The van der Waals surface area contributed by atoms with Crippen molar-refractivity contribution in [2.75, 3.05) is 20.6 Å². The van der Waals surface area contributed by atoms with Gasteiger partial charge in [0, 0.05) is 23.1 Å². The maximum atomic E-state index is 12.7. The summed E-state index contributed by atoms with van der Waals surface area (Å²) >= 11 is 0. The van der Waals surface area contributed by atoms with Crippen LogP contribution in [-0.2, 0) is 0 Å². The third kappa shape index (κ3) is 3.19. The van der Waals surface area contributed by atoms with Crippen LogP contribution in [0.3, 0.4) is 0 Å². The Morgan fingerprint density at radius 1 is 1.08 bits per heavy atom. The number of carbonyl (C=O) groups is 1. The molecule has 2 N–H and O–H groups in total. The predicted molar refractivity (Wildman–Crippen MR) is 98.2 cm³/mol. The molecule has 0 bridgehead atoms. The van der Waals surface area contributed by atoms with Crippen LogP contribution in [0, 0.1) is 6.92 Å². The van der Waals surface area contributed by atoms with E-state index in [1.807, 2.05) is 63.5 Å². The number of carbonyl (C=O) groups excluding carboxylic acids is 1. The van der Waals surface area contributed by atoms with Gasteiger partial charge >= 0.3 is 0 Å². The van der Waals surface area contributed by atoms with Crippen LogP contribution in [0.25, 0.3) is 10.9 Å². The number of nitrogens with one attached hydrogen (secondary N) is 2. The first kappa shape index (κ1) is 16.3. The lowest BCUT2D eigenvalue weighted by Gasteiger charge is -2.25. The topological polar surface area (TPSA) is 48.1 Å². The van der Waals surface area contributed by atoms with E-state index in [9.17, 15) is 4.79 Å². The number of hydrogen-bond acceptors (Lipinski definition) is 2. The van der Waals surface area contributed by atoms with Crippen LogP contribution in [0.4, 0.5) is 0 Å². The Hall–Kier alpha value is -2.59. The normalized spacial score (nSPS) is 12.5. The highest BCUT2D eigenvalue weighted by Gasteiger charge is 2.19. The van der Waals surface area contributed by atoms with Crippen LogP contribution in [0.2, 0.25) is 0 Å². The van der Waals surface area contributed by atoms with Crippen LogP contribution >= 0.6 is 0 Å². The van der Waals surface area contributed by atoms with E-state index < -0.39 is 0 Å². The number of aromatic nitrogens is 1. The van der Waals surface area contributed by atoms with Crippen molar-refractivity contribution in [1.82, 2.24) is 15.2 Å². The highest BCUT2D eigenvalue weighted by Crippen LogP contribution is 2.22. The SMILES string of the molecule is Cc1[nH]c2ccccc2c1C(=O)NCC(c1ccccc1)N(C)C. The van der Waals surface area contributed by atoms with Gasteiger partial charge in [-0.15, -0.1) is 0 Å². The second-order valence-electron chi connectivity index (χ2n) is 6.27. The molecule has 4 heteroatoms. The summed E-state index contributed by atoms with van der Waals surface area (Å²) in [5.41, 5.74) is 3.82. The van der Waals surface area contributed by atoms with Gasteiger partial charge in [-0.3, -0.25) is 4.79 Å². The first-order chi connectivity index (χ1) is 11.6. The average molecular weight is 321 g/mol. The Labute approximate surface area is 142 Å². The Kier molecular flexibility index (Phi) is 4.67. The molecule has 2 aromatic carbocycles. The quantitative estimate of drug-likeness (QED) is 0.755. The smallest absolute Gasteiger partial charge is 0.253 e. The first-order valence-electron chi connectivity index (χ1n) is 8.15. The van der Waals surface area contributed by atoms with Gasteiger partial charge in [0.25, 0.3) is 5.91 Å². The molecule has 0 saturated carbocycles. The second kappa shape index (κ2) is 6.89. The summed E-state index contributed by atoms with van der Waals surface area (Å²) in [5.74, 6) is -0.0345. The van der Waals surface area contributed by atoms with E-state index in [2.05, 4.69) is 27.3 Å². The van der Waals surface area contributed by atoms with Gasteiger partial charge in [0.15, 0.2) is 0 Å². The number of benzene rings is 2. The molecule has 1 heterocycles. The number of likely N-dealkylation sites (N-methyl/N-ethyl adjacent to an activating group) is 1. The molecule has 0 saturated heterocycles. The fourth-order valence-corrected chi connectivity index (χ4v) is 3.12. The van der Waals surface area contributed by atoms with Crippen molar-refractivity contribution >= 4 is 16.8 Å². The summed E-state index contributed by atoms with van der Waals surface area (Å²) in [5, 5.41) is 4.06. The maximum Gasteiger partial charge on any atom is 0.253 e. The van der Waals surface area contributed by atoms with Gasteiger partial charge in [-0.25, -0.2) is 0 Å². The summed E-state index contributed by atoms with van der Waals surface area (Å²) < 4.78 is 0. The third-order valence-electron chi connectivity index (χ3n) is 4.38. The number of H-pyrrole nitrogens is 1. The van der Waals surface area contributed by atoms with Crippen molar-refractivity contribution in [3.8, 4) is 0 Å². The molecule has 1 amide bonds. The number of aromatic amines is 1. The molecule has 0 aliphatic carbocycles. The van der Waals surface area contributed by atoms with Crippen molar-refractivity contribution in [3.63, 3.8) is 0 Å². The van der Waals surface area contributed by atoms with Crippen LogP contribution in [-0.4, -0.2) is 36.4 Å². The zero-order valence-electron chi connectivity index (χ0n) is 14.3. The van der Waals surface area contributed by atoms with E-state index in [1.54, 1.807) is 0 Å². The number of fused-ring (bicyclic) bond motifs is 1. The monoisotopic (exact) mass is 321 g/mol. The minimum absolute atomic E-state index is 0.0345. The van der Waals surface area contributed by atoms with E-state index in [0.29, 0.717) is 6.54 Å². The van der Waals surface area contributed by atoms with E-state index >= 15 is 0 Å². The lowest BCUT2D eigenvalue weighted by molar-refractivity contribution is 0.0943. The van der Waals surface area contributed by atoms with Crippen molar-refractivity contribution in [3.05, 3.63) is 71.4 Å². The summed E-state index contributed by atoms with van der Waals surface area (Å²) in [6.45, 7) is 2.50. The maximum absolute atomic E-state index is 12.7. The van der Waals surface area contributed by atoms with Crippen LogP contribution in [0.15, 0.2) is 54.6 Å². The second-order valence-corrected chi connectivity index (χ2v) is 6.27. The fraction of sp³-hybridized carbons (Fsp3) is 0.250. The molecule has 3 aromatic rings. The number of aryl methyl sites for hydroxylation is 1. The molecule has 0 fully saturated rings. The summed E-state index contributed by atoms with van der Waals surface area (Å²) in [4.78, 5) is 18.2. The summed E-state index contributed by atoms with van der Waals surface area (Å²) in [6.07, 6.45) is 0. The number of para-hydroxylation sites is 1. The van der Waals surface area contributed by atoms with Crippen molar-refractivity contribution in [1.29, 1.82) is 0 Å². The van der Waals surface area contributed by atoms with Gasteiger partial charge in [-0.2, -0.15) is 0 Å². The minimum atomic E-state index is -0.0345. The molecule has 1 atom stereocenters. The van der Waals surface area contributed by atoms with E-state index in [-0.39, 0.29) is 11.9 Å². The number of rotatable bonds is 5. The third-order valence-corrected chi connectivity index (χ3v) is 4.38. The largest absolute Gasteiger partial charge is 0.358 e. The van der Waals surface area contributed by atoms with E-state index in [4.69, 9.17) is 0 Å². The standard InChI is InChI=1S/C20H23N3O/c1-14-19(16-11-7-8-12-17(16)22-14)20(24)21-13-18(23(2)3)15-9-5-4-6-10-15/h4-12,18,22H,13H2,1-3H3,(H,21,24). The van der Waals surface area contributed by atoms with Gasteiger partial charge < -0.3 is 15.2 Å². The van der Waals surface area contributed by atoms with Crippen molar-refractivity contribution < 1.29 is 4.79 Å². The lowest BCUT2D eigenvalue weighted by atomic mass is 10.1. The number of hydrogen-bond donors (Lipinski definition) is 2. The van der Waals surface area contributed by atoms with Crippen LogP contribution in [0.1, 0.15) is 27.7 Å². The van der Waals surface area contributed by atoms with E-state index in [0.717, 1.165) is 22.2 Å². The molecule has 3 rings (SSSR count). The number of nitrogens with zero attached hydrogens (tertiary/aromatic N) is 1. The molecule has 0 spiro atoms. The molecule has 0 aliphatic heterocycles. The summed E-state index contributed by atoms with van der Waals surface area (Å²) in [7, 11) is 4.06. The molecular weight excluding hydrogens is 298 g/mol. The van der Waals surface area contributed by atoms with Crippen molar-refractivity contribution in [2.24, 2.45) is 0 Å².